The van der Waals surface area contributed by atoms with E-state index in [0.717, 1.165) is 24.9 Å². The first-order valence-corrected chi connectivity index (χ1v) is 9.10. The predicted octanol–water partition coefficient (Wildman–Crippen LogP) is 2.73. The maximum Gasteiger partial charge on any atom is 0.0539 e. The molecule has 4 nitrogen and oxygen atoms in total. The van der Waals surface area contributed by atoms with Crippen molar-refractivity contribution in [1.82, 2.24) is 19.6 Å². The molecule has 4 rings (SSSR count). The largest absolute Gasteiger partial charge is 0.301 e. The minimum absolute atomic E-state index is 0.577. The van der Waals surface area contributed by atoms with E-state index in [1.165, 1.54) is 36.5 Å². The number of aryl methyl sites for hydroxylation is 2. The minimum atomic E-state index is 0.577. The van der Waals surface area contributed by atoms with Crippen molar-refractivity contribution in [3.8, 4) is 0 Å². The van der Waals surface area contributed by atoms with Crippen LogP contribution in [0.2, 0.25) is 0 Å². The summed E-state index contributed by atoms with van der Waals surface area (Å²) in [7, 11) is 2.30. The van der Waals surface area contributed by atoms with E-state index in [9.17, 15) is 0 Å². The van der Waals surface area contributed by atoms with Crippen molar-refractivity contribution in [2.45, 2.75) is 26.4 Å². The smallest absolute Gasteiger partial charge is 0.0539 e. The summed E-state index contributed by atoms with van der Waals surface area (Å²) >= 11 is 0. The van der Waals surface area contributed by atoms with Gasteiger partial charge in [0.1, 0.15) is 0 Å². The van der Waals surface area contributed by atoms with E-state index in [0.29, 0.717) is 6.04 Å². The standard InChI is InChI=1S/C20H28N4/c1-15-6-4-5-7-18(15)20-19-14-23(13-17(19)12-22(20)3)10-11-24-16(2)8-9-21-24/h4-9,17,19-20H,10-14H2,1-3H3/t17-,19+,20+/m0/s1. The van der Waals surface area contributed by atoms with E-state index >= 15 is 0 Å². The molecule has 1 aromatic carbocycles. The number of fused-ring (bicyclic) bond motifs is 1. The zero-order valence-electron chi connectivity index (χ0n) is 15.0. The maximum atomic E-state index is 4.42. The highest BCUT2D eigenvalue weighted by Crippen LogP contribution is 2.44. The predicted molar refractivity (Wildman–Crippen MR) is 96.9 cm³/mol. The quantitative estimate of drug-likeness (QED) is 0.864. The molecule has 4 heteroatoms. The molecule has 0 spiro atoms. The van der Waals surface area contributed by atoms with Crippen LogP contribution in [0.3, 0.4) is 0 Å². The lowest BCUT2D eigenvalue weighted by Crippen LogP contribution is -2.31. The maximum absolute atomic E-state index is 4.42. The number of rotatable bonds is 4. The number of hydrogen-bond acceptors (Lipinski definition) is 3. The lowest BCUT2D eigenvalue weighted by molar-refractivity contribution is 0.222. The van der Waals surface area contributed by atoms with Crippen LogP contribution in [0.15, 0.2) is 36.5 Å². The molecule has 3 heterocycles. The lowest BCUT2D eigenvalue weighted by Gasteiger charge is -2.28. The van der Waals surface area contributed by atoms with Gasteiger partial charge >= 0.3 is 0 Å². The molecule has 2 fully saturated rings. The Hall–Kier alpha value is -1.65. The zero-order chi connectivity index (χ0) is 16.7. The van der Waals surface area contributed by atoms with Gasteiger partial charge in [-0.3, -0.25) is 9.58 Å². The molecule has 1 aromatic heterocycles. The molecule has 0 bridgehead atoms. The van der Waals surface area contributed by atoms with Gasteiger partial charge in [0.05, 0.1) is 6.54 Å². The second-order valence-corrected chi connectivity index (χ2v) is 7.62. The van der Waals surface area contributed by atoms with E-state index in [1.54, 1.807) is 0 Å². The summed E-state index contributed by atoms with van der Waals surface area (Å²) in [6.45, 7) is 10.2. The Labute approximate surface area is 145 Å². The number of aromatic nitrogens is 2. The molecule has 0 unspecified atom stereocenters. The summed E-state index contributed by atoms with van der Waals surface area (Å²) in [6.07, 6.45) is 1.90. The van der Waals surface area contributed by atoms with Gasteiger partial charge in [-0.25, -0.2) is 0 Å². The van der Waals surface area contributed by atoms with E-state index in [-0.39, 0.29) is 0 Å². The Bertz CT molecular complexity index is 707. The molecule has 2 saturated heterocycles. The number of nitrogens with zero attached hydrogens (tertiary/aromatic N) is 4. The monoisotopic (exact) mass is 324 g/mol. The highest BCUT2D eigenvalue weighted by molar-refractivity contribution is 5.31. The van der Waals surface area contributed by atoms with E-state index in [4.69, 9.17) is 0 Å². The fourth-order valence-electron chi connectivity index (χ4n) is 4.79. The van der Waals surface area contributed by atoms with Gasteiger partial charge in [0.15, 0.2) is 0 Å². The van der Waals surface area contributed by atoms with Crippen LogP contribution in [0.5, 0.6) is 0 Å². The fraction of sp³-hybridized carbons (Fsp3) is 0.550. The van der Waals surface area contributed by atoms with Crippen LogP contribution in [-0.4, -0.2) is 52.8 Å². The van der Waals surface area contributed by atoms with E-state index < -0.39 is 0 Å². The molecule has 0 saturated carbocycles. The van der Waals surface area contributed by atoms with Crippen molar-refractivity contribution in [3.63, 3.8) is 0 Å². The average Bonchev–Trinajstić information content (AvgIpc) is 3.21. The summed E-state index contributed by atoms with van der Waals surface area (Å²) in [5.74, 6) is 1.56. The molecule has 0 N–H and O–H groups in total. The fourth-order valence-corrected chi connectivity index (χ4v) is 4.79. The summed E-state index contributed by atoms with van der Waals surface area (Å²) in [5.41, 5.74) is 4.21. The first kappa shape index (κ1) is 15.9. The summed E-state index contributed by atoms with van der Waals surface area (Å²) < 4.78 is 2.12. The highest BCUT2D eigenvalue weighted by Gasteiger charge is 2.46. The normalized spacial score (nSPS) is 27.7. The Morgan fingerprint density at radius 2 is 1.88 bits per heavy atom. The lowest BCUT2D eigenvalue weighted by atomic mass is 9.88. The molecular formula is C20H28N4. The van der Waals surface area contributed by atoms with Crippen molar-refractivity contribution in [2.75, 3.05) is 33.2 Å². The third-order valence-electron chi connectivity index (χ3n) is 6.03. The zero-order valence-corrected chi connectivity index (χ0v) is 15.0. The molecule has 0 aliphatic carbocycles. The first-order valence-electron chi connectivity index (χ1n) is 9.10. The van der Waals surface area contributed by atoms with Crippen molar-refractivity contribution in [2.24, 2.45) is 11.8 Å². The second kappa shape index (κ2) is 6.34. The first-order chi connectivity index (χ1) is 11.6. The summed E-state index contributed by atoms with van der Waals surface area (Å²) in [5, 5.41) is 4.42. The van der Waals surface area contributed by atoms with Crippen LogP contribution in [0, 0.1) is 25.7 Å². The van der Waals surface area contributed by atoms with Crippen molar-refractivity contribution in [1.29, 1.82) is 0 Å². The van der Waals surface area contributed by atoms with Crippen LogP contribution < -0.4 is 0 Å². The molecule has 128 valence electrons. The molecule has 0 amide bonds. The third kappa shape index (κ3) is 2.78. The molecule has 2 aromatic rings. The molecule has 2 aliphatic rings. The molecule has 0 radical (unpaired) electrons. The van der Waals surface area contributed by atoms with Crippen molar-refractivity contribution < 1.29 is 0 Å². The van der Waals surface area contributed by atoms with Gasteiger partial charge in [0.2, 0.25) is 0 Å². The van der Waals surface area contributed by atoms with Gasteiger partial charge in [0, 0.05) is 44.1 Å². The SMILES string of the molecule is Cc1ccccc1[C@@H]1[C@@H]2CN(CCn3nccc3C)C[C@@H]2CN1C. The van der Waals surface area contributed by atoms with Gasteiger partial charge in [0.25, 0.3) is 0 Å². The molecule has 3 atom stereocenters. The minimum Gasteiger partial charge on any atom is -0.301 e. The molecule has 24 heavy (non-hydrogen) atoms. The van der Waals surface area contributed by atoms with Crippen LogP contribution in [0.25, 0.3) is 0 Å². The molecular weight excluding hydrogens is 296 g/mol. The molecule has 2 aliphatic heterocycles. The van der Waals surface area contributed by atoms with Crippen molar-refractivity contribution >= 4 is 0 Å². The third-order valence-corrected chi connectivity index (χ3v) is 6.03. The Morgan fingerprint density at radius 1 is 1.04 bits per heavy atom. The van der Waals surface area contributed by atoms with Gasteiger partial charge < -0.3 is 4.90 Å². The Balaban J connectivity index is 1.45. The Morgan fingerprint density at radius 3 is 2.62 bits per heavy atom. The van der Waals surface area contributed by atoms with Crippen LogP contribution >= 0.6 is 0 Å². The number of benzene rings is 1. The second-order valence-electron chi connectivity index (χ2n) is 7.62. The number of likely N-dealkylation sites (tertiary alicyclic amines) is 2. The van der Waals surface area contributed by atoms with Crippen molar-refractivity contribution in [3.05, 3.63) is 53.3 Å². The summed E-state index contributed by atoms with van der Waals surface area (Å²) in [4.78, 5) is 5.22. The number of hydrogen-bond donors (Lipinski definition) is 0. The topological polar surface area (TPSA) is 24.3 Å². The van der Waals surface area contributed by atoms with Gasteiger partial charge in [-0.2, -0.15) is 5.10 Å². The van der Waals surface area contributed by atoms with Gasteiger partial charge in [-0.05, 0) is 49.9 Å². The summed E-state index contributed by atoms with van der Waals surface area (Å²) in [6, 6.07) is 11.6. The van der Waals surface area contributed by atoms with Crippen LogP contribution in [-0.2, 0) is 6.54 Å². The van der Waals surface area contributed by atoms with Gasteiger partial charge in [-0.1, -0.05) is 24.3 Å². The van der Waals surface area contributed by atoms with E-state index in [1.807, 2.05) is 6.20 Å². The average molecular weight is 324 g/mol. The van der Waals surface area contributed by atoms with E-state index in [2.05, 4.69) is 70.8 Å². The van der Waals surface area contributed by atoms with Crippen LogP contribution in [0.4, 0.5) is 0 Å². The highest BCUT2D eigenvalue weighted by atomic mass is 15.3. The van der Waals surface area contributed by atoms with Crippen LogP contribution in [0.1, 0.15) is 22.9 Å². The Kier molecular flexibility index (Phi) is 4.19. The van der Waals surface area contributed by atoms with Gasteiger partial charge in [-0.15, -0.1) is 0 Å².